The standard InChI is InChI=1S/C26H38N4O5/c1-25(2)14-21(31)30(24(27)29-25)18(10-11-33-5)15-12-16(15)23(32)28-17-13-26(3,4)35-20-9-7-8-19(34-6)22(17)20/h7-9,15-18H,10-14H2,1-6H3,(H2,27,29)(H,28,32)/t15-,16-,17-,18+/m0/s1. The molecule has 192 valence electrons. The molecule has 0 spiro atoms. The summed E-state index contributed by atoms with van der Waals surface area (Å²) in [6.07, 6.45) is 2.19. The van der Waals surface area contributed by atoms with Gasteiger partial charge in [0.05, 0.1) is 30.7 Å². The molecule has 4 atom stereocenters. The van der Waals surface area contributed by atoms with Crippen molar-refractivity contribution in [3.05, 3.63) is 23.8 Å². The number of carbonyl (C=O) groups is 2. The van der Waals surface area contributed by atoms with Gasteiger partial charge < -0.3 is 25.3 Å². The Morgan fingerprint density at radius 2 is 2.06 bits per heavy atom. The van der Waals surface area contributed by atoms with Gasteiger partial charge in [-0.25, -0.2) is 4.99 Å². The van der Waals surface area contributed by atoms with E-state index in [9.17, 15) is 9.59 Å². The summed E-state index contributed by atoms with van der Waals surface area (Å²) >= 11 is 0. The second-order valence-corrected chi connectivity index (χ2v) is 11.1. The van der Waals surface area contributed by atoms with Crippen LogP contribution in [0.4, 0.5) is 0 Å². The van der Waals surface area contributed by atoms with E-state index in [2.05, 4.69) is 10.3 Å². The van der Waals surface area contributed by atoms with Crippen molar-refractivity contribution < 1.29 is 23.8 Å². The molecule has 0 aromatic heterocycles. The smallest absolute Gasteiger partial charge is 0.231 e. The number of aliphatic imine (C=N–C) groups is 1. The van der Waals surface area contributed by atoms with Gasteiger partial charge in [0.2, 0.25) is 11.8 Å². The highest BCUT2D eigenvalue weighted by atomic mass is 16.5. The second kappa shape index (κ2) is 9.33. The molecule has 2 aliphatic heterocycles. The van der Waals surface area contributed by atoms with E-state index < -0.39 is 11.1 Å². The minimum Gasteiger partial charge on any atom is -0.496 e. The topological polar surface area (TPSA) is 115 Å². The highest BCUT2D eigenvalue weighted by Gasteiger charge is 2.52. The molecule has 1 aromatic rings. The molecule has 1 aromatic carbocycles. The molecular formula is C26H38N4O5. The van der Waals surface area contributed by atoms with Gasteiger partial charge in [-0.3, -0.25) is 14.5 Å². The quantitative estimate of drug-likeness (QED) is 0.584. The van der Waals surface area contributed by atoms with E-state index in [0.29, 0.717) is 31.6 Å². The van der Waals surface area contributed by atoms with Crippen LogP contribution in [0.2, 0.25) is 0 Å². The predicted molar refractivity (Wildman–Crippen MR) is 132 cm³/mol. The minimum atomic E-state index is -0.522. The summed E-state index contributed by atoms with van der Waals surface area (Å²) in [4.78, 5) is 32.6. The van der Waals surface area contributed by atoms with Crippen LogP contribution in [0.1, 0.15) is 65.0 Å². The van der Waals surface area contributed by atoms with E-state index in [1.807, 2.05) is 45.9 Å². The number of amides is 2. The van der Waals surface area contributed by atoms with Gasteiger partial charge in [-0.1, -0.05) is 6.07 Å². The molecule has 2 heterocycles. The summed E-state index contributed by atoms with van der Waals surface area (Å²) < 4.78 is 17.0. The molecule has 1 saturated carbocycles. The molecule has 0 bridgehead atoms. The van der Waals surface area contributed by atoms with Crippen LogP contribution in [0.25, 0.3) is 0 Å². The van der Waals surface area contributed by atoms with Gasteiger partial charge in [0.1, 0.15) is 17.1 Å². The average Bonchev–Trinajstić information content (AvgIpc) is 3.54. The fourth-order valence-corrected chi connectivity index (χ4v) is 5.53. The summed E-state index contributed by atoms with van der Waals surface area (Å²) in [5.41, 5.74) is 6.16. The number of nitrogens with one attached hydrogen (secondary N) is 1. The van der Waals surface area contributed by atoms with E-state index in [1.165, 1.54) is 0 Å². The molecular weight excluding hydrogens is 448 g/mol. The fourth-order valence-electron chi connectivity index (χ4n) is 5.53. The zero-order chi connectivity index (χ0) is 25.5. The predicted octanol–water partition coefficient (Wildman–Crippen LogP) is 2.78. The third-order valence-electron chi connectivity index (χ3n) is 7.13. The molecule has 3 aliphatic rings. The Labute approximate surface area is 207 Å². The maximum Gasteiger partial charge on any atom is 0.231 e. The first-order valence-electron chi connectivity index (χ1n) is 12.3. The van der Waals surface area contributed by atoms with Crippen LogP contribution in [0, 0.1) is 11.8 Å². The van der Waals surface area contributed by atoms with Crippen LogP contribution in [-0.4, -0.2) is 60.7 Å². The van der Waals surface area contributed by atoms with Gasteiger partial charge in [-0.15, -0.1) is 0 Å². The highest BCUT2D eigenvalue weighted by Crippen LogP contribution is 2.48. The highest BCUT2D eigenvalue weighted by molar-refractivity contribution is 5.99. The van der Waals surface area contributed by atoms with Crippen LogP contribution in [-0.2, 0) is 14.3 Å². The normalized spacial score (nSPS) is 27.3. The van der Waals surface area contributed by atoms with Gasteiger partial charge in [0.25, 0.3) is 0 Å². The van der Waals surface area contributed by atoms with Crippen LogP contribution in [0.5, 0.6) is 11.5 Å². The Bertz CT molecular complexity index is 1020. The molecule has 1 aliphatic carbocycles. The summed E-state index contributed by atoms with van der Waals surface area (Å²) in [6.45, 7) is 8.29. The zero-order valence-electron chi connectivity index (χ0n) is 21.6. The second-order valence-electron chi connectivity index (χ2n) is 11.1. The van der Waals surface area contributed by atoms with Crippen molar-refractivity contribution in [2.75, 3.05) is 20.8 Å². The van der Waals surface area contributed by atoms with Crippen molar-refractivity contribution in [2.24, 2.45) is 22.6 Å². The zero-order valence-corrected chi connectivity index (χ0v) is 21.6. The molecule has 2 amide bonds. The number of carbonyl (C=O) groups excluding carboxylic acids is 2. The lowest BCUT2D eigenvalue weighted by Crippen LogP contribution is -2.55. The van der Waals surface area contributed by atoms with E-state index >= 15 is 0 Å². The van der Waals surface area contributed by atoms with E-state index in [-0.39, 0.29) is 48.1 Å². The maximum atomic E-state index is 13.4. The number of fused-ring (bicyclic) bond motifs is 1. The third kappa shape index (κ3) is 5.24. The summed E-state index contributed by atoms with van der Waals surface area (Å²) in [5.74, 6) is 1.34. The lowest BCUT2D eigenvalue weighted by atomic mass is 9.89. The largest absolute Gasteiger partial charge is 0.496 e. The van der Waals surface area contributed by atoms with Crippen molar-refractivity contribution >= 4 is 17.8 Å². The van der Waals surface area contributed by atoms with Gasteiger partial charge in [-0.2, -0.15) is 0 Å². The Hall–Kier alpha value is -2.81. The number of rotatable bonds is 8. The Morgan fingerprint density at radius 3 is 2.71 bits per heavy atom. The van der Waals surface area contributed by atoms with E-state index in [1.54, 1.807) is 19.1 Å². The van der Waals surface area contributed by atoms with E-state index in [0.717, 1.165) is 11.3 Å². The molecule has 1 fully saturated rings. The monoisotopic (exact) mass is 486 g/mol. The average molecular weight is 487 g/mol. The fraction of sp³-hybridized carbons (Fsp3) is 0.654. The van der Waals surface area contributed by atoms with Crippen molar-refractivity contribution in [1.82, 2.24) is 10.2 Å². The SMILES string of the molecule is COCC[C@H]([C@H]1C[C@@H]1C(=O)N[C@H]1CC(C)(C)Oc2cccc(OC)c21)N1C(=O)CC(C)(C)N=C1N. The molecule has 3 N–H and O–H groups in total. The first kappa shape index (κ1) is 25.3. The number of hydrogen-bond acceptors (Lipinski definition) is 7. The number of ether oxygens (including phenoxy) is 3. The van der Waals surface area contributed by atoms with E-state index in [4.69, 9.17) is 19.9 Å². The molecule has 0 unspecified atom stereocenters. The first-order chi connectivity index (χ1) is 16.5. The molecule has 9 nitrogen and oxygen atoms in total. The first-order valence-corrected chi connectivity index (χ1v) is 12.3. The number of nitrogens with two attached hydrogens (primary N) is 1. The van der Waals surface area contributed by atoms with Gasteiger partial charge >= 0.3 is 0 Å². The molecule has 0 radical (unpaired) electrons. The number of methoxy groups -OCH3 is 2. The lowest BCUT2D eigenvalue weighted by molar-refractivity contribution is -0.132. The third-order valence-corrected chi connectivity index (χ3v) is 7.13. The number of hydrogen-bond donors (Lipinski definition) is 2. The number of benzene rings is 1. The van der Waals surface area contributed by atoms with Crippen molar-refractivity contribution in [3.8, 4) is 11.5 Å². The number of nitrogens with zero attached hydrogens (tertiary/aromatic N) is 2. The number of guanidine groups is 1. The van der Waals surface area contributed by atoms with Gasteiger partial charge in [0.15, 0.2) is 5.96 Å². The summed E-state index contributed by atoms with van der Waals surface area (Å²) in [5, 5.41) is 3.25. The lowest BCUT2D eigenvalue weighted by Gasteiger charge is -2.39. The van der Waals surface area contributed by atoms with Crippen LogP contribution in [0.3, 0.4) is 0 Å². The van der Waals surface area contributed by atoms with Crippen LogP contribution < -0.4 is 20.5 Å². The minimum absolute atomic E-state index is 0.00551. The molecule has 35 heavy (non-hydrogen) atoms. The summed E-state index contributed by atoms with van der Waals surface area (Å²) in [7, 11) is 3.25. The van der Waals surface area contributed by atoms with Crippen molar-refractivity contribution in [2.45, 2.75) is 76.6 Å². The van der Waals surface area contributed by atoms with Crippen LogP contribution >= 0.6 is 0 Å². The Morgan fingerprint density at radius 1 is 1.31 bits per heavy atom. The Kier molecular flexibility index (Phi) is 6.74. The maximum absolute atomic E-state index is 13.4. The van der Waals surface area contributed by atoms with Gasteiger partial charge in [-0.05, 0) is 58.6 Å². The molecule has 0 saturated heterocycles. The Balaban J connectivity index is 1.53. The van der Waals surface area contributed by atoms with Crippen molar-refractivity contribution in [1.29, 1.82) is 0 Å². The van der Waals surface area contributed by atoms with Gasteiger partial charge in [0, 0.05) is 32.1 Å². The van der Waals surface area contributed by atoms with Crippen molar-refractivity contribution in [3.63, 3.8) is 0 Å². The molecule has 4 rings (SSSR count). The molecule has 9 heteroatoms. The van der Waals surface area contributed by atoms with Crippen LogP contribution in [0.15, 0.2) is 23.2 Å². The summed E-state index contributed by atoms with van der Waals surface area (Å²) in [6, 6.07) is 5.21.